The van der Waals surface area contributed by atoms with E-state index >= 15 is 0 Å². The number of carboxylic acid groups (broad SMARTS) is 1. The maximum absolute atomic E-state index is 12.3. The number of carbonyl (C=O) groups is 2. The van der Waals surface area contributed by atoms with E-state index in [1.165, 1.54) is 0 Å². The molecule has 0 aliphatic heterocycles. The van der Waals surface area contributed by atoms with Crippen molar-refractivity contribution in [2.75, 3.05) is 18.0 Å². The molecule has 1 saturated carbocycles. The zero-order valence-electron chi connectivity index (χ0n) is 13.9. The van der Waals surface area contributed by atoms with E-state index in [1.54, 1.807) is 0 Å². The van der Waals surface area contributed by atoms with Gasteiger partial charge in [-0.15, -0.1) is 0 Å². The highest BCUT2D eigenvalue weighted by Gasteiger charge is 2.26. The lowest BCUT2D eigenvalue weighted by Gasteiger charge is -2.27. The van der Waals surface area contributed by atoms with Crippen molar-refractivity contribution >= 4 is 17.6 Å². The van der Waals surface area contributed by atoms with Gasteiger partial charge in [0.15, 0.2) is 0 Å². The van der Waals surface area contributed by atoms with E-state index in [2.05, 4.69) is 24.1 Å². The third-order valence-electron chi connectivity index (χ3n) is 4.67. The molecule has 5 heteroatoms. The minimum atomic E-state index is -0.721. The molecule has 2 rings (SSSR count). The third kappa shape index (κ3) is 4.47. The number of nitrogens with zero attached hydrogens (tertiary/aromatic N) is 1. The van der Waals surface area contributed by atoms with Gasteiger partial charge in [0.1, 0.15) is 0 Å². The summed E-state index contributed by atoms with van der Waals surface area (Å²) in [4.78, 5) is 25.5. The first-order chi connectivity index (χ1) is 11.0. The van der Waals surface area contributed by atoms with Gasteiger partial charge >= 0.3 is 5.97 Å². The summed E-state index contributed by atoms with van der Waals surface area (Å²) in [6.45, 7) is 6.10. The van der Waals surface area contributed by atoms with Crippen LogP contribution in [0.15, 0.2) is 24.3 Å². The summed E-state index contributed by atoms with van der Waals surface area (Å²) < 4.78 is 0. The lowest BCUT2D eigenvalue weighted by atomic mass is 9.86. The molecule has 23 heavy (non-hydrogen) atoms. The Balaban J connectivity index is 1.90. The van der Waals surface area contributed by atoms with Crippen LogP contribution in [0.2, 0.25) is 0 Å². The number of amides is 1. The third-order valence-corrected chi connectivity index (χ3v) is 4.67. The predicted octanol–water partition coefficient (Wildman–Crippen LogP) is 2.91. The predicted molar refractivity (Wildman–Crippen MR) is 90.9 cm³/mol. The number of benzene rings is 1. The average molecular weight is 318 g/mol. The van der Waals surface area contributed by atoms with Crippen LogP contribution < -0.4 is 10.2 Å². The van der Waals surface area contributed by atoms with Crippen LogP contribution in [-0.4, -0.2) is 36.1 Å². The lowest BCUT2D eigenvalue weighted by Crippen LogP contribution is -2.38. The summed E-state index contributed by atoms with van der Waals surface area (Å²) in [7, 11) is 0. The quantitative estimate of drug-likeness (QED) is 0.846. The van der Waals surface area contributed by atoms with Crippen molar-refractivity contribution in [3.05, 3.63) is 29.8 Å². The molecule has 1 aliphatic rings. The fourth-order valence-electron chi connectivity index (χ4n) is 3.17. The molecular weight excluding hydrogens is 292 g/mol. The topological polar surface area (TPSA) is 69.6 Å². The van der Waals surface area contributed by atoms with Gasteiger partial charge in [-0.3, -0.25) is 9.59 Å². The van der Waals surface area contributed by atoms with Crippen LogP contribution in [0.3, 0.4) is 0 Å². The summed E-state index contributed by atoms with van der Waals surface area (Å²) in [6, 6.07) is 7.74. The molecule has 5 nitrogen and oxygen atoms in total. The fourth-order valence-corrected chi connectivity index (χ4v) is 3.17. The zero-order chi connectivity index (χ0) is 16.8. The Morgan fingerprint density at radius 1 is 1.09 bits per heavy atom. The van der Waals surface area contributed by atoms with Crippen molar-refractivity contribution < 1.29 is 14.7 Å². The van der Waals surface area contributed by atoms with Gasteiger partial charge in [0.05, 0.1) is 5.92 Å². The summed E-state index contributed by atoms with van der Waals surface area (Å²) >= 11 is 0. The van der Waals surface area contributed by atoms with Gasteiger partial charge in [-0.2, -0.15) is 0 Å². The van der Waals surface area contributed by atoms with E-state index in [0.29, 0.717) is 18.4 Å². The van der Waals surface area contributed by atoms with E-state index in [1.807, 2.05) is 24.3 Å². The largest absolute Gasteiger partial charge is 0.481 e. The average Bonchev–Trinajstić information content (AvgIpc) is 2.57. The Hall–Kier alpha value is -2.04. The maximum atomic E-state index is 12.3. The Morgan fingerprint density at radius 3 is 2.13 bits per heavy atom. The molecule has 0 heterocycles. The molecule has 0 saturated heterocycles. The minimum Gasteiger partial charge on any atom is -0.481 e. The van der Waals surface area contributed by atoms with Gasteiger partial charge in [0, 0.05) is 30.4 Å². The van der Waals surface area contributed by atoms with Gasteiger partial charge < -0.3 is 15.3 Å². The number of hydrogen-bond donors (Lipinski definition) is 2. The second-order valence-corrected chi connectivity index (χ2v) is 6.08. The van der Waals surface area contributed by atoms with Gasteiger partial charge in [-0.1, -0.05) is 0 Å². The van der Waals surface area contributed by atoms with Gasteiger partial charge in [0.25, 0.3) is 5.91 Å². The lowest BCUT2D eigenvalue weighted by molar-refractivity contribution is -0.142. The normalized spacial score (nSPS) is 20.8. The monoisotopic (exact) mass is 318 g/mol. The molecule has 1 aromatic rings. The number of carbonyl (C=O) groups excluding carboxylic acids is 1. The first-order valence-corrected chi connectivity index (χ1v) is 8.43. The standard InChI is InChI=1S/C18H26N2O3/c1-3-20(4-2)16-11-7-13(8-12-16)17(21)19-15-9-5-14(6-10-15)18(22)23/h7-8,11-12,14-15H,3-6,9-10H2,1-2H3,(H,19,21)(H,22,23). The number of aliphatic carboxylic acids is 1. The molecule has 126 valence electrons. The molecule has 1 aromatic carbocycles. The molecule has 0 spiro atoms. The molecular formula is C18H26N2O3. The van der Waals surface area contributed by atoms with Crippen molar-refractivity contribution in [2.45, 2.75) is 45.6 Å². The van der Waals surface area contributed by atoms with Crippen LogP contribution in [-0.2, 0) is 4.79 Å². The van der Waals surface area contributed by atoms with Crippen LogP contribution in [0.5, 0.6) is 0 Å². The molecule has 1 fully saturated rings. The second kappa shape index (κ2) is 7.99. The molecule has 2 N–H and O–H groups in total. The minimum absolute atomic E-state index is 0.0742. The molecule has 0 unspecified atom stereocenters. The molecule has 1 aliphatic carbocycles. The first-order valence-electron chi connectivity index (χ1n) is 8.43. The highest BCUT2D eigenvalue weighted by molar-refractivity contribution is 5.94. The van der Waals surface area contributed by atoms with Crippen LogP contribution in [0, 0.1) is 5.92 Å². The van der Waals surface area contributed by atoms with Crippen molar-refractivity contribution in [3.63, 3.8) is 0 Å². The Kier molecular flexibility index (Phi) is 6.02. The summed E-state index contributed by atoms with van der Waals surface area (Å²) in [5.41, 5.74) is 1.77. The first kappa shape index (κ1) is 17.3. The van der Waals surface area contributed by atoms with E-state index in [9.17, 15) is 9.59 Å². The molecule has 1 amide bonds. The molecule has 0 bridgehead atoms. The number of rotatable bonds is 6. The van der Waals surface area contributed by atoms with Crippen molar-refractivity contribution in [2.24, 2.45) is 5.92 Å². The molecule has 0 radical (unpaired) electrons. The zero-order valence-corrected chi connectivity index (χ0v) is 13.9. The Morgan fingerprint density at radius 2 is 1.65 bits per heavy atom. The Bertz CT molecular complexity index is 530. The fraction of sp³-hybridized carbons (Fsp3) is 0.556. The van der Waals surface area contributed by atoms with E-state index in [4.69, 9.17) is 5.11 Å². The molecule has 0 aromatic heterocycles. The SMILES string of the molecule is CCN(CC)c1ccc(C(=O)NC2CCC(C(=O)O)CC2)cc1. The number of nitrogens with one attached hydrogen (secondary N) is 1. The van der Waals surface area contributed by atoms with Gasteiger partial charge in [0.2, 0.25) is 0 Å². The maximum Gasteiger partial charge on any atom is 0.306 e. The van der Waals surface area contributed by atoms with Crippen LogP contribution in [0.25, 0.3) is 0 Å². The van der Waals surface area contributed by atoms with Crippen LogP contribution in [0.4, 0.5) is 5.69 Å². The Labute approximate surface area is 137 Å². The number of carboxylic acids is 1. The van der Waals surface area contributed by atoms with E-state index in [0.717, 1.165) is 31.6 Å². The van der Waals surface area contributed by atoms with Crippen LogP contribution in [0.1, 0.15) is 49.9 Å². The van der Waals surface area contributed by atoms with E-state index < -0.39 is 5.97 Å². The van der Waals surface area contributed by atoms with Gasteiger partial charge in [-0.05, 0) is 63.8 Å². The smallest absolute Gasteiger partial charge is 0.306 e. The summed E-state index contributed by atoms with van der Waals surface area (Å²) in [5.74, 6) is -1.05. The molecule has 0 atom stereocenters. The second-order valence-electron chi connectivity index (χ2n) is 6.08. The number of anilines is 1. The highest BCUT2D eigenvalue weighted by Crippen LogP contribution is 2.24. The number of hydrogen-bond acceptors (Lipinski definition) is 3. The summed E-state index contributed by atoms with van der Waals surface area (Å²) in [5, 5.41) is 12.0. The van der Waals surface area contributed by atoms with Crippen LogP contribution >= 0.6 is 0 Å². The highest BCUT2D eigenvalue weighted by atomic mass is 16.4. The van der Waals surface area contributed by atoms with Crippen molar-refractivity contribution in [1.82, 2.24) is 5.32 Å². The summed E-state index contributed by atoms with van der Waals surface area (Å²) in [6.07, 6.45) is 2.75. The van der Waals surface area contributed by atoms with Crippen molar-refractivity contribution in [3.8, 4) is 0 Å². The van der Waals surface area contributed by atoms with Crippen molar-refractivity contribution in [1.29, 1.82) is 0 Å². The van der Waals surface area contributed by atoms with Gasteiger partial charge in [-0.25, -0.2) is 0 Å². The van der Waals surface area contributed by atoms with E-state index in [-0.39, 0.29) is 17.9 Å².